The number of H-pyrrole nitrogens is 1. The van der Waals surface area contributed by atoms with Crippen molar-refractivity contribution in [2.24, 2.45) is 0 Å². The number of aliphatic hydroxyl groups is 1. The number of amides is 1. The normalized spacial score (nSPS) is 22.2. The molecule has 104 valence electrons. The van der Waals surface area contributed by atoms with Crippen molar-refractivity contribution in [3.05, 3.63) is 53.6 Å². The van der Waals surface area contributed by atoms with Gasteiger partial charge in [-0.15, -0.1) is 0 Å². The second kappa shape index (κ2) is 5.05. The van der Waals surface area contributed by atoms with Crippen molar-refractivity contribution in [3.63, 3.8) is 0 Å². The van der Waals surface area contributed by atoms with Crippen LogP contribution < -0.4 is 0 Å². The molecule has 0 aliphatic carbocycles. The van der Waals surface area contributed by atoms with E-state index in [0.717, 1.165) is 0 Å². The van der Waals surface area contributed by atoms with Crippen LogP contribution in [-0.2, 0) is 0 Å². The highest BCUT2D eigenvalue weighted by molar-refractivity contribution is 5.94. The number of nitrogens with one attached hydrogen (secondary N) is 1. The van der Waals surface area contributed by atoms with Gasteiger partial charge in [0.15, 0.2) is 0 Å². The first-order valence-electron chi connectivity index (χ1n) is 6.38. The van der Waals surface area contributed by atoms with Crippen LogP contribution in [0, 0.1) is 5.82 Å². The van der Waals surface area contributed by atoms with E-state index in [2.05, 4.69) is 10.2 Å². The molecule has 2 atom stereocenters. The Hall–Kier alpha value is -2.21. The molecular formula is C14H14FN3O2. The van der Waals surface area contributed by atoms with E-state index < -0.39 is 6.10 Å². The predicted octanol–water partition coefficient (Wildman–Crippen LogP) is 1.50. The van der Waals surface area contributed by atoms with Crippen molar-refractivity contribution in [1.82, 2.24) is 15.1 Å². The minimum Gasteiger partial charge on any atom is -0.391 e. The maximum absolute atomic E-state index is 13.3. The molecule has 0 bridgehead atoms. The van der Waals surface area contributed by atoms with Gasteiger partial charge in [0.2, 0.25) is 0 Å². The third-order valence-corrected chi connectivity index (χ3v) is 3.52. The second-order valence-electron chi connectivity index (χ2n) is 4.90. The molecule has 1 aliphatic rings. The highest BCUT2D eigenvalue weighted by Gasteiger charge is 2.36. The molecule has 3 rings (SSSR count). The molecule has 5 nitrogen and oxygen atoms in total. The Kier molecular flexibility index (Phi) is 3.23. The van der Waals surface area contributed by atoms with Crippen LogP contribution in [0.4, 0.5) is 4.39 Å². The Morgan fingerprint density at radius 1 is 1.50 bits per heavy atom. The number of rotatable bonds is 2. The Morgan fingerprint density at radius 2 is 2.35 bits per heavy atom. The quantitative estimate of drug-likeness (QED) is 0.872. The third kappa shape index (κ3) is 2.30. The number of aromatic nitrogens is 2. The second-order valence-corrected chi connectivity index (χ2v) is 4.90. The minimum absolute atomic E-state index is 0.218. The largest absolute Gasteiger partial charge is 0.391 e. The number of carbonyl (C=O) groups excluding carboxylic acids is 1. The van der Waals surface area contributed by atoms with Crippen molar-refractivity contribution in [2.45, 2.75) is 18.6 Å². The smallest absolute Gasteiger partial charge is 0.257 e. The van der Waals surface area contributed by atoms with Crippen molar-refractivity contribution >= 4 is 5.91 Å². The lowest BCUT2D eigenvalue weighted by molar-refractivity contribution is 0.0715. The molecule has 0 saturated carbocycles. The topological polar surface area (TPSA) is 69.2 Å². The van der Waals surface area contributed by atoms with Crippen LogP contribution in [0.2, 0.25) is 0 Å². The third-order valence-electron chi connectivity index (χ3n) is 3.52. The molecule has 2 aromatic rings. The Bertz CT molecular complexity index is 615. The summed E-state index contributed by atoms with van der Waals surface area (Å²) in [6, 6.07) is 5.82. The lowest BCUT2D eigenvalue weighted by atomic mass is 10.0. The molecule has 1 aromatic heterocycles. The maximum atomic E-state index is 13.3. The summed E-state index contributed by atoms with van der Waals surface area (Å²) in [5, 5.41) is 16.2. The number of likely N-dealkylation sites (tertiary alicyclic amines) is 1. The van der Waals surface area contributed by atoms with Crippen LogP contribution in [0.15, 0.2) is 36.7 Å². The molecule has 6 heteroatoms. The number of aromatic amines is 1. The first-order chi connectivity index (χ1) is 9.65. The zero-order valence-electron chi connectivity index (χ0n) is 10.7. The SMILES string of the molecule is O=C(c1cn[nH]c1)N1C[C@@H](O)C[C@@H]1c1cccc(F)c1. The standard InChI is InChI=1S/C14H14FN3O2/c15-11-3-1-2-9(4-11)13-5-12(19)8-18(13)14(20)10-6-16-17-7-10/h1-4,6-7,12-13,19H,5,8H2,(H,16,17)/t12-,13+/m0/s1. The molecule has 1 aromatic carbocycles. The van der Waals surface area contributed by atoms with Gasteiger partial charge in [-0.05, 0) is 24.1 Å². The van der Waals surface area contributed by atoms with E-state index in [1.807, 2.05) is 0 Å². The molecule has 2 N–H and O–H groups in total. The molecule has 1 fully saturated rings. The van der Waals surface area contributed by atoms with E-state index in [4.69, 9.17) is 0 Å². The molecular weight excluding hydrogens is 261 g/mol. The minimum atomic E-state index is -0.598. The number of halogens is 1. The zero-order valence-corrected chi connectivity index (χ0v) is 10.7. The summed E-state index contributed by atoms with van der Waals surface area (Å²) in [5.41, 5.74) is 1.12. The highest BCUT2D eigenvalue weighted by Crippen LogP contribution is 2.33. The fourth-order valence-corrected chi connectivity index (χ4v) is 2.60. The molecule has 1 amide bonds. The summed E-state index contributed by atoms with van der Waals surface area (Å²) in [5.74, 6) is -0.566. The Balaban J connectivity index is 1.91. The van der Waals surface area contributed by atoms with Gasteiger partial charge in [0.1, 0.15) is 5.82 Å². The van der Waals surface area contributed by atoms with Gasteiger partial charge in [0, 0.05) is 12.7 Å². The molecule has 0 unspecified atom stereocenters. The number of aliphatic hydroxyl groups excluding tert-OH is 1. The summed E-state index contributed by atoms with van der Waals surface area (Å²) in [7, 11) is 0. The van der Waals surface area contributed by atoms with Gasteiger partial charge in [0.25, 0.3) is 5.91 Å². The van der Waals surface area contributed by atoms with Crippen LogP contribution in [0.3, 0.4) is 0 Å². The van der Waals surface area contributed by atoms with Crippen molar-refractivity contribution in [1.29, 1.82) is 0 Å². The van der Waals surface area contributed by atoms with Crippen molar-refractivity contribution < 1.29 is 14.3 Å². The molecule has 1 aliphatic heterocycles. The Morgan fingerprint density at radius 3 is 3.05 bits per heavy atom. The number of benzene rings is 1. The summed E-state index contributed by atoms with van der Waals surface area (Å²) >= 11 is 0. The average Bonchev–Trinajstić information content (AvgIpc) is 3.07. The molecule has 0 radical (unpaired) electrons. The Labute approximate surface area is 115 Å². The van der Waals surface area contributed by atoms with Crippen LogP contribution >= 0.6 is 0 Å². The summed E-state index contributed by atoms with van der Waals surface area (Å²) in [6.45, 7) is 0.241. The van der Waals surface area contributed by atoms with Crippen molar-refractivity contribution in [2.75, 3.05) is 6.54 Å². The van der Waals surface area contributed by atoms with Crippen LogP contribution in [0.5, 0.6) is 0 Å². The first kappa shape index (κ1) is 12.8. The first-order valence-corrected chi connectivity index (χ1v) is 6.38. The van der Waals surface area contributed by atoms with Gasteiger partial charge in [-0.1, -0.05) is 12.1 Å². The summed E-state index contributed by atoms with van der Waals surface area (Å²) in [6.07, 6.45) is 2.76. The van der Waals surface area contributed by atoms with E-state index in [1.165, 1.54) is 24.5 Å². The van der Waals surface area contributed by atoms with E-state index >= 15 is 0 Å². The molecule has 0 spiro atoms. The number of hydrogen-bond acceptors (Lipinski definition) is 3. The van der Waals surface area contributed by atoms with Crippen LogP contribution in [-0.4, -0.2) is 38.8 Å². The number of carbonyl (C=O) groups is 1. The molecule has 20 heavy (non-hydrogen) atoms. The lowest BCUT2D eigenvalue weighted by Crippen LogP contribution is -2.31. The van der Waals surface area contributed by atoms with Crippen molar-refractivity contribution in [3.8, 4) is 0 Å². The van der Waals surface area contributed by atoms with Gasteiger partial charge in [-0.3, -0.25) is 9.89 Å². The number of hydrogen-bond donors (Lipinski definition) is 2. The van der Waals surface area contributed by atoms with E-state index in [1.54, 1.807) is 17.0 Å². The van der Waals surface area contributed by atoms with E-state index in [9.17, 15) is 14.3 Å². The van der Waals surface area contributed by atoms with Gasteiger partial charge in [0.05, 0.1) is 23.9 Å². The molecule has 1 saturated heterocycles. The van der Waals surface area contributed by atoms with Gasteiger partial charge >= 0.3 is 0 Å². The fourth-order valence-electron chi connectivity index (χ4n) is 2.60. The van der Waals surface area contributed by atoms with E-state index in [-0.39, 0.29) is 24.3 Å². The molecule has 2 heterocycles. The summed E-state index contributed by atoms with van der Waals surface area (Å²) < 4.78 is 13.3. The van der Waals surface area contributed by atoms with Gasteiger partial charge < -0.3 is 10.0 Å². The van der Waals surface area contributed by atoms with Gasteiger partial charge in [-0.25, -0.2) is 4.39 Å². The maximum Gasteiger partial charge on any atom is 0.257 e. The zero-order chi connectivity index (χ0) is 14.1. The van der Waals surface area contributed by atoms with Crippen LogP contribution in [0.25, 0.3) is 0 Å². The lowest BCUT2D eigenvalue weighted by Gasteiger charge is -2.24. The summed E-state index contributed by atoms with van der Waals surface area (Å²) in [4.78, 5) is 13.9. The van der Waals surface area contributed by atoms with Crippen LogP contribution in [0.1, 0.15) is 28.4 Å². The van der Waals surface area contributed by atoms with E-state index in [0.29, 0.717) is 17.5 Å². The van der Waals surface area contributed by atoms with Gasteiger partial charge in [-0.2, -0.15) is 5.10 Å². The fraction of sp³-hybridized carbons (Fsp3) is 0.286. The average molecular weight is 275 g/mol. The number of nitrogens with zero attached hydrogens (tertiary/aromatic N) is 2. The number of β-amino-alcohol motifs (C(OH)–C–C–N with tert-alkyl or cyclic N) is 1. The predicted molar refractivity (Wildman–Crippen MR) is 69.4 cm³/mol. The monoisotopic (exact) mass is 275 g/mol. The highest BCUT2D eigenvalue weighted by atomic mass is 19.1.